The number of amides is 2. The fraction of sp³-hybridized carbons (Fsp3) is 0.758. The van der Waals surface area contributed by atoms with Crippen LogP contribution in [0.1, 0.15) is 51.9 Å². The summed E-state index contributed by atoms with van der Waals surface area (Å²) in [5.74, 6) is 1.08. The Morgan fingerprint density at radius 3 is 1.72 bits per heavy atom. The lowest BCUT2D eigenvalue weighted by atomic mass is 10.00. The number of nitrogens with zero attached hydrogens (tertiary/aromatic N) is 1. The molecule has 284 valence electrons. The highest BCUT2D eigenvalue weighted by Crippen LogP contribution is 2.39. The van der Waals surface area contributed by atoms with Crippen molar-refractivity contribution in [2.75, 3.05) is 31.3 Å². The van der Waals surface area contributed by atoms with Crippen molar-refractivity contribution in [3.05, 3.63) is 22.5 Å². The van der Waals surface area contributed by atoms with Gasteiger partial charge in [0.25, 0.3) is 11.8 Å². The van der Waals surface area contributed by atoms with Crippen LogP contribution in [0.5, 0.6) is 0 Å². The molecule has 8 N–H and O–H groups in total. The van der Waals surface area contributed by atoms with E-state index >= 15 is 0 Å². The number of carbonyl (C=O) groups is 2. The summed E-state index contributed by atoms with van der Waals surface area (Å²) in [5, 5.41) is 82.4. The number of unbranched alkanes of at least 4 members (excludes halogenated alkanes) is 2. The summed E-state index contributed by atoms with van der Waals surface area (Å²) in [6.07, 6.45) is -5.79. The van der Waals surface area contributed by atoms with E-state index in [1.807, 2.05) is 0 Å². The molecule has 0 radical (unpaired) electrons. The number of rotatable bonds is 21. The van der Waals surface area contributed by atoms with Gasteiger partial charge in [0.05, 0.1) is 34.2 Å². The second-order valence-electron chi connectivity index (χ2n) is 12.4. The smallest absolute Gasteiger partial charge is 0.268 e. The summed E-state index contributed by atoms with van der Waals surface area (Å²) in [5.41, 5.74) is 0. The van der Waals surface area contributed by atoms with Gasteiger partial charge in [-0.3, -0.25) is 14.5 Å². The topological polar surface area (TPSA) is 236 Å². The lowest BCUT2D eigenvalue weighted by Crippen LogP contribution is -2.59. The van der Waals surface area contributed by atoms with E-state index in [1.54, 1.807) is 6.92 Å². The molecule has 12 unspecified atom stereocenters. The summed E-state index contributed by atoms with van der Waals surface area (Å²) in [6.45, 7) is 5.39. The van der Waals surface area contributed by atoms with E-state index in [0.717, 1.165) is 28.4 Å². The normalized spacial score (nSPS) is 33.1. The van der Waals surface area contributed by atoms with Crippen LogP contribution >= 0.6 is 23.5 Å². The highest BCUT2D eigenvalue weighted by Gasteiger charge is 2.47. The van der Waals surface area contributed by atoms with Crippen molar-refractivity contribution >= 4 is 35.3 Å². The number of hydrogen-bond acceptors (Lipinski definition) is 16. The number of thioether (sulfide) groups is 2. The second-order valence-corrected chi connectivity index (χ2v) is 14.5. The number of aliphatic hydroxyl groups is 8. The molecule has 0 aromatic carbocycles. The molecule has 3 rings (SSSR count). The van der Waals surface area contributed by atoms with Gasteiger partial charge < -0.3 is 59.8 Å². The summed E-state index contributed by atoms with van der Waals surface area (Å²) < 4.78 is 22.7. The molecule has 0 spiro atoms. The van der Waals surface area contributed by atoms with Crippen molar-refractivity contribution < 1.29 is 69.4 Å². The van der Waals surface area contributed by atoms with Crippen LogP contribution in [0.15, 0.2) is 22.5 Å². The zero-order valence-corrected chi connectivity index (χ0v) is 29.7. The third kappa shape index (κ3) is 11.7. The van der Waals surface area contributed by atoms with Crippen LogP contribution in [0.25, 0.3) is 0 Å². The van der Waals surface area contributed by atoms with Gasteiger partial charge in [-0.25, -0.2) is 0 Å². The molecule has 50 heavy (non-hydrogen) atoms. The van der Waals surface area contributed by atoms with Crippen molar-refractivity contribution in [3.63, 3.8) is 0 Å². The van der Waals surface area contributed by atoms with Gasteiger partial charge in [0, 0.05) is 37.7 Å². The zero-order chi connectivity index (χ0) is 37.0. The van der Waals surface area contributed by atoms with Crippen LogP contribution in [-0.4, -0.2) is 162 Å². The Morgan fingerprint density at radius 1 is 0.800 bits per heavy atom. The Hall–Kier alpha value is -1.60. The van der Waals surface area contributed by atoms with Crippen LogP contribution in [0.4, 0.5) is 0 Å². The van der Waals surface area contributed by atoms with Gasteiger partial charge in [-0.2, -0.15) is 0 Å². The van der Waals surface area contributed by atoms with E-state index in [9.17, 15) is 50.4 Å². The molecule has 0 bridgehead atoms. The third-order valence-electron chi connectivity index (χ3n) is 8.41. The average Bonchev–Trinajstić information content (AvgIpc) is 3.32. The van der Waals surface area contributed by atoms with Gasteiger partial charge in [-0.15, -0.1) is 42.4 Å². The summed E-state index contributed by atoms with van der Waals surface area (Å²) >= 11 is 1.82. The molecule has 2 saturated heterocycles. The monoisotopic (exact) mass is 749 g/mol. The van der Waals surface area contributed by atoms with Crippen LogP contribution in [0.3, 0.4) is 0 Å². The summed E-state index contributed by atoms with van der Waals surface area (Å²) in [4.78, 5) is 28.3. The molecular formula is C33H51NO14S2. The molecule has 0 aromatic rings. The predicted molar refractivity (Wildman–Crippen MR) is 183 cm³/mol. The molecular weight excluding hydrogens is 698 g/mol. The van der Waals surface area contributed by atoms with Crippen LogP contribution in [-0.2, 0) is 28.5 Å². The van der Waals surface area contributed by atoms with Crippen LogP contribution in [0, 0.1) is 12.3 Å². The van der Waals surface area contributed by atoms with E-state index in [0.29, 0.717) is 44.9 Å². The highest BCUT2D eigenvalue weighted by molar-refractivity contribution is 8.08. The van der Waals surface area contributed by atoms with Crippen molar-refractivity contribution in [2.24, 2.45) is 0 Å². The van der Waals surface area contributed by atoms with Gasteiger partial charge in [0.2, 0.25) is 0 Å². The molecule has 3 aliphatic heterocycles. The van der Waals surface area contributed by atoms with Gasteiger partial charge >= 0.3 is 0 Å². The first-order chi connectivity index (χ1) is 23.8. The highest BCUT2D eigenvalue weighted by atomic mass is 32.2. The van der Waals surface area contributed by atoms with E-state index in [-0.39, 0.29) is 41.1 Å². The standard InChI is InChI=1S/C33H51NO14S2/c1-4-6-7-8-13-34-30(43)28(49-16-20-22(37)24(39)26(41)32(47-20)45-14-9-11-18(3)35)29(31(34)44)50-17-21-23(38)25(40)27(42)33(48-21)46-15-10-12-19(36)5-2/h1,5,18-27,32-33,35-42H,2,6-17H2,3H3. The SMILES string of the molecule is C#CCCCCN1C(=O)C(SCC2OC(OCCCC(C)O)C(O)C(O)C2O)=C(SCC2OC(OCCCC(O)C=C)C(O)C(O)C2O)C1=O. The van der Waals surface area contributed by atoms with Crippen LogP contribution < -0.4 is 0 Å². The number of aliphatic hydroxyl groups excluding tert-OH is 8. The number of imide groups is 1. The third-order valence-corrected chi connectivity index (χ3v) is 10.9. The van der Waals surface area contributed by atoms with Gasteiger partial charge in [0.15, 0.2) is 12.6 Å². The minimum absolute atomic E-state index is 0.0287. The maximum absolute atomic E-state index is 13.6. The molecule has 2 amide bonds. The molecule has 3 aliphatic rings. The molecule has 2 fully saturated rings. The van der Waals surface area contributed by atoms with Gasteiger partial charge in [-0.1, -0.05) is 6.08 Å². The Labute approximate surface area is 300 Å². The number of hydrogen-bond donors (Lipinski definition) is 8. The Kier molecular flexibility index (Phi) is 18.1. The minimum Gasteiger partial charge on any atom is -0.393 e. The largest absolute Gasteiger partial charge is 0.393 e. The van der Waals surface area contributed by atoms with Crippen molar-refractivity contribution in [1.29, 1.82) is 0 Å². The first-order valence-corrected chi connectivity index (χ1v) is 18.7. The molecule has 15 nitrogen and oxygen atoms in total. The van der Waals surface area contributed by atoms with Crippen molar-refractivity contribution in [2.45, 2.75) is 125 Å². The average molecular weight is 750 g/mol. The lowest BCUT2D eigenvalue weighted by Gasteiger charge is -2.40. The maximum atomic E-state index is 13.6. The Morgan fingerprint density at radius 2 is 1.28 bits per heavy atom. The lowest BCUT2D eigenvalue weighted by molar-refractivity contribution is -0.292. The molecule has 17 heteroatoms. The Balaban J connectivity index is 1.73. The van der Waals surface area contributed by atoms with Gasteiger partial charge in [-0.05, 0) is 45.4 Å². The van der Waals surface area contributed by atoms with Gasteiger partial charge in [0.1, 0.15) is 36.6 Å². The fourth-order valence-corrected chi connectivity index (χ4v) is 7.86. The number of terminal acetylenes is 1. The first-order valence-electron chi connectivity index (χ1n) is 16.7. The Bertz CT molecular complexity index is 1180. The molecule has 12 atom stereocenters. The maximum Gasteiger partial charge on any atom is 0.268 e. The van der Waals surface area contributed by atoms with Crippen molar-refractivity contribution in [3.8, 4) is 12.3 Å². The predicted octanol–water partition coefficient (Wildman–Crippen LogP) is -1.03. The molecule has 0 saturated carbocycles. The summed E-state index contributed by atoms with van der Waals surface area (Å²) in [7, 11) is 0. The van der Waals surface area contributed by atoms with E-state index < -0.39 is 85.4 Å². The van der Waals surface area contributed by atoms with E-state index in [4.69, 9.17) is 25.4 Å². The number of ether oxygens (including phenoxy) is 4. The molecule has 3 heterocycles. The van der Waals surface area contributed by atoms with Crippen molar-refractivity contribution in [1.82, 2.24) is 4.90 Å². The van der Waals surface area contributed by atoms with Crippen LogP contribution in [0.2, 0.25) is 0 Å². The summed E-state index contributed by atoms with van der Waals surface area (Å²) in [6, 6.07) is 0. The first kappa shape index (κ1) is 42.8. The fourth-order valence-electron chi connectivity index (χ4n) is 5.39. The zero-order valence-electron chi connectivity index (χ0n) is 28.1. The van der Waals surface area contributed by atoms with E-state index in [2.05, 4.69) is 12.5 Å². The van der Waals surface area contributed by atoms with E-state index in [1.165, 1.54) is 6.08 Å². The molecule has 0 aromatic heterocycles. The number of carbonyl (C=O) groups excluding carboxylic acids is 2. The minimum atomic E-state index is -1.64. The quantitative estimate of drug-likeness (QED) is 0.0303. The second kappa shape index (κ2) is 21.2. The molecule has 0 aliphatic carbocycles.